The maximum atomic E-state index is 13.8. The lowest BCUT2D eigenvalue weighted by Crippen LogP contribution is -2.49. The number of carbonyl (C=O) groups is 1. The number of aryl methyl sites for hydroxylation is 1. The van der Waals surface area contributed by atoms with Crippen molar-refractivity contribution in [3.8, 4) is 0 Å². The van der Waals surface area contributed by atoms with E-state index >= 15 is 0 Å². The van der Waals surface area contributed by atoms with Gasteiger partial charge in [-0.1, -0.05) is 48.0 Å². The number of aromatic nitrogens is 2. The van der Waals surface area contributed by atoms with Gasteiger partial charge in [0.2, 0.25) is 5.91 Å². The van der Waals surface area contributed by atoms with Crippen molar-refractivity contribution in [1.82, 2.24) is 14.3 Å². The molecule has 32 heavy (non-hydrogen) atoms. The van der Waals surface area contributed by atoms with Gasteiger partial charge in [-0.25, -0.2) is 4.98 Å². The molecule has 0 saturated carbocycles. The van der Waals surface area contributed by atoms with Crippen LogP contribution in [0.1, 0.15) is 48.3 Å². The van der Waals surface area contributed by atoms with E-state index in [1.165, 1.54) is 0 Å². The third kappa shape index (κ3) is 3.95. The minimum absolute atomic E-state index is 0.0349. The summed E-state index contributed by atoms with van der Waals surface area (Å²) in [6.45, 7) is 4.81. The number of imidazole rings is 1. The number of benzene rings is 1. The van der Waals surface area contributed by atoms with Gasteiger partial charge in [0.25, 0.3) is 0 Å². The number of hydrogen-bond donors (Lipinski definition) is 0. The van der Waals surface area contributed by atoms with Crippen LogP contribution in [0.15, 0.2) is 53.7 Å². The standard InChI is InChI=1S/C25H27ClN4OS/c1-16-9-8-14-30-23(26)20(28-24(16)30)15-19-12-6-7-13-29(19)25(31)21-22(32-17(2)27-21)18-10-4-3-5-11-18/h3-5,8-11,14,19,21-22H,6-7,12-13,15H2,1-2H3/t19-,21?,22?/m0/s1. The van der Waals surface area contributed by atoms with Gasteiger partial charge in [-0.2, -0.15) is 0 Å². The molecule has 3 atom stereocenters. The van der Waals surface area contributed by atoms with Crippen LogP contribution in [0.3, 0.4) is 0 Å². The number of piperidine rings is 1. The van der Waals surface area contributed by atoms with Crippen LogP contribution in [0.25, 0.3) is 5.65 Å². The Bertz CT molecular complexity index is 1180. The molecule has 5 nitrogen and oxygen atoms in total. The smallest absolute Gasteiger partial charge is 0.249 e. The normalized spacial score (nSPS) is 23.5. The lowest BCUT2D eigenvalue weighted by molar-refractivity contribution is -0.136. The molecule has 4 heterocycles. The second-order valence-electron chi connectivity index (χ2n) is 8.66. The van der Waals surface area contributed by atoms with Gasteiger partial charge in [0, 0.05) is 25.2 Å². The average molecular weight is 467 g/mol. The fraction of sp³-hybridized carbons (Fsp3) is 0.400. The monoisotopic (exact) mass is 466 g/mol. The molecule has 7 heteroatoms. The Labute approximate surface area is 197 Å². The molecule has 1 saturated heterocycles. The summed E-state index contributed by atoms with van der Waals surface area (Å²) < 4.78 is 1.94. The molecular weight excluding hydrogens is 440 g/mol. The van der Waals surface area contributed by atoms with E-state index in [2.05, 4.69) is 17.0 Å². The zero-order valence-corrected chi connectivity index (χ0v) is 19.9. The van der Waals surface area contributed by atoms with Crippen molar-refractivity contribution in [1.29, 1.82) is 0 Å². The van der Waals surface area contributed by atoms with E-state index in [0.717, 1.165) is 53.3 Å². The maximum absolute atomic E-state index is 13.8. The summed E-state index contributed by atoms with van der Waals surface area (Å²) in [7, 11) is 0. The number of thioether (sulfide) groups is 1. The molecular formula is C25H27ClN4OS. The predicted octanol–water partition coefficient (Wildman–Crippen LogP) is 5.49. The molecule has 0 aliphatic carbocycles. The zero-order valence-electron chi connectivity index (χ0n) is 18.4. The van der Waals surface area contributed by atoms with Crippen molar-refractivity contribution in [3.63, 3.8) is 0 Å². The maximum Gasteiger partial charge on any atom is 0.249 e. The Morgan fingerprint density at radius 1 is 1.16 bits per heavy atom. The SMILES string of the molecule is CC1=NC(C(=O)N2CCCC[C@H]2Cc2nc3c(C)cccn3c2Cl)C(c2ccccc2)S1. The highest BCUT2D eigenvalue weighted by Crippen LogP contribution is 2.41. The van der Waals surface area contributed by atoms with Crippen molar-refractivity contribution >= 4 is 40.0 Å². The molecule has 3 aromatic rings. The van der Waals surface area contributed by atoms with E-state index in [1.807, 2.05) is 54.8 Å². The first-order chi connectivity index (χ1) is 15.5. The summed E-state index contributed by atoms with van der Waals surface area (Å²) in [4.78, 5) is 25.4. The largest absolute Gasteiger partial charge is 0.337 e. The quantitative estimate of drug-likeness (QED) is 0.510. The summed E-state index contributed by atoms with van der Waals surface area (Å²) in [5.74, 6) is 0.129. The molecule has 2 aliphatic heterocycles. The molecule has 0 spiro atoms. The van der Waals surface area contributed by atoms with Gasteiger partial charge in [0.05, 0.1) is 16.0 Å². The first-order valence-electron chi connectivity index (χ1n) is 11.2. The number of likely N-dealkylation sites (tertiary alicyclic amines) is 1. The Balaban J connectivity index is 1.41. The van der Waals surface area contributed by atoms with E-state index in [0.29, 0.717) is 11.6 Å². The summed E-state index contributed by atoms with van der Waals surface area (Å²) in [5.41, 5.74) is 4.00. The van der Waals surface area contributed by atoms with Crippen LogP contribution in [0.4, 0.5) is 0 Å². The fourth-order valence-corrected chi connectivity index (χ4v) is 6.26. The number of carbonyl (C=O) groups excluding carboxylic acids is 1. The Morgan fingerprint density at radius 2 is 1.97 bits per heavy atom. The average Bonchev–Trinajstić information content (AvgIpc) is 3.36. The third-order valence-corrected chi connectivity index (χ3v) is 8.11. The topological polar surface area (TPSA) is 50.0 Å². The van der Waals surface area contributed by atoms with Crippen molar-refractivity contribution in [2.45, 2.75) is 56.9 Å². The molecule has 2 aromatic heterocycles. The molecule has 0 bridgehead atoms. The number of nitrogens with zero attached hydrogens (tertiary/aromatic N) is 4. The third-order valence-electron chi connectivity index (χ3n) is 6.48. The van der Waals surface area contributed by atoms with Crippen molar-refractivity contribution in [2.24, 2.45) is 4.99 Å². The van der Waals surface area contributed by atoms with Crippen molar-refractivity contribution in [3.05, 3.63) is 70.6 Å². The van der Waals surface area contributed by atoms with Crippen LogP contribution >= 0.6 is 23.4 Å². The summed E-state index contributed by atoms with van der Waals surface area (Å²) in [6.07, 6.45) is 5.72. The lowest BCUT2D eigenvalue weighted by Gasteiger charge is -2.37. The molecule has 2 aliphatic rings. The van der Waals surface area contributed by atoms with E-state index in [-0.39, 0.29) is 23.2 Å². The minimum Gasteiger partial charge on any atom is -0.337 e. The summed E-state index contributed by atoms with van der Waals surface area (Å²) in [6, 6.07) is 14.0. The number of hydrogen-bond acceptors (Lipinski definition) is 4. The number of aliphatic imine (C=N–C) groups is 1. The molecule has 5 rings (SSSR count). The van der Waals surface area contributed by atoms with Gasteiger partial charge in [0.1, 0.15) is 16.8 Å². The van der Waals surface area contributed by atoms with Gasteiger partial charge in [-0.05, 0) is 50.3 Å². The number of pyridine rings is 1. The molecule has 0 N–H and O–H groups in total. The Morgan fingerprint density at radius 3 is 2.75 bits per heavy atom. The van der Waals surface area contributed by atoms with Crippen LogP contribution in [0.2, 0.25) is 5.15 Å². The van der Waals surface area contributed by atoms with E-state index in [4.69, 9.17) is 21.6 Å². The fourth-order valence-electron chi connectivity index (χ4n) is 4.87. The van der Waals surface area contributed by atoms with Crippen LogP contribution < -0.4 is 0 Å². The Hall–Kier alpha value is -2.31. The summed E-state index contributed by atoms with van der Waals surface area (Å²) >= 11 is 8.39. The van der Waals surface area contributed by atoms with E-state index in [1.54, 1.807) is 11.8 Å². The first-order valence-corrected chi connectivity index (χ1v) is 12.5. The van der Waals surface area contributed by atoms with Gasteiger partial charge in [-0.15, -0.1) is 11.8 Å². The second kappa shape index (κ2) is 8.91. The van der Waals surface area contributed by atoms with Gasteiger partial charge in [0.15, 0.2) is 0 Å². The van der Waals surface area contributed by atoms with Crippen LogP contribution in [0, 0.1) is 6.92 Å². The van der Waals surface area contributed by atoms with Crippen LogP contribution in [-0.4, -0.2) is 43.9 Å². The molecule has 0 radical (unpaired) electrons. The van der Waals surface area contributed by atoms with Gasteiger partial charge in [-0.3, -0.25) is 14.2 Å². The number of fused-ring (bicyclic) bond motifs is 1. The molecule has 2 unspecified atom stereocenters. The number of rotatable bonds is 4. The Kier molecular flexibility index (Phi) is 5.99. The highest BCUT2D eigenvalue weighted by atomic mass is 35.5. The number of amides is 1. The van der Waals surface area contributed by atoms with E-state index < -0.39 is 0 Å². The second-order valence-corrected chi connectivity index (χ2v) is 10.4. The van der Waals surface area contributed by atoms with Crippen LogP contribution in [0.5, 0.6) is 0 Å². The lowest BCUT2D eigenvalue weighted by atomic mass is 9.96. The molecule has 1 amide bonds. The highest BCUT2D eigenvalue weighted by Gasteiger charge is 2.40. The van der Waals surface area contributed by atoms with Gasteiger partial charge < -0.3 is 4.90 Å². The molecule has 1 aromatic carbocycles. The molecule has 1 fully saturated rings. The minimum atomic E-state index is -0.373. The number of halogens is 1. The first kappa shape index (κ1) is 21.5. The zero-order chi connectivity index (χ0) is 22.2. The van der Waals surface area contributed by atoms with Crippen molar-refractivity contribution in [2.75, 3.05) is 6.54 Å². The van der Waals surface area contributed by atoms with E-state index in [9.17, 15) is 4.79 Å². The molecule has 166 valence electrons. The predicted molar refractivity (Wildman–Crippen MR) is 132 cm³/mol. The highest BCUT2D eigenvalue weighted by molar-refractivity contribution is 8.14. The van der Waals surface area contributed by atoms with Crippen LogP contribution in [-0.2, 0) is 11.2 Å². The summed E-state index contributed by atoms with van der Waals surface area (Å²) in [5, 5.41) is 1.66. The van der Waals surface area contributed by atoms with Gasteiger partial charge >= 0.3 is 0 Å². The van der Waals surface area contributed by atoms with Crippen molar-refractivity contribution < 1.29 is 4.79 Å².